The third-order valence-corrected chi connectivity index (χ3v) is 1.61. The number of amides is 3. The van der Waals surface area contributed by atoms with Crippen LogP contribution in [0.5, 0.6) is 0 Å². The summed E-state index contributed by atoms with van der Waals surface area (Å²) >= 11 is 0. The summed E-state index contributed by atoms with van der Waals surface area (Å²) in [6.45, 7) is -0.494. The van der Waals surface area contributed by atoms with E-state index in [4.69, 9.17) is 7.85 Å². The van der Waals surface area contributed by atoms with Crippen molar-refractivity contribution in [1.82, 2.24) is 10.4 Å². The van der Waals surface area contributed by atoms with Crippen LogP contribution in [0.3, 0.4) is 0 Å². The smallest absolute Gasteiger partial charge is 0.352 e. The first kappa shape index (κ1) is 11.2. The van der Waals surface area contributed by atoms with Crippen molar-refractivity contribution in [2.75, 3.05) is 6.54 Å². The molecule has 1 fully saturated rings. The molecule has 1 aliphatic heterocycles. The molecule has 0 bridgehead atoms. The van der Waals surface area contributed by atoms with Gasteiger partial charge in [-0.2, -0.15) is 0 Å². The summed E-state index contributed by atoms with van der Waals surface area (Å²) in [6, 6.07) is 0. The largest absolute Gasteiger partial charge is 0.355 e. The van der Waals surface area contributed by atoms with Crippen LogP contribution in [-0.4, -0.2) is 43.0 Å². The Morgan fingerprint density at radius 2 is 1.87 bits per heavy atom. The van der Waals surface area contributed by atoms with Gasteiger partial charge in [0.1, 0.15) is 6.54 Å². The van der Waals surface area contributed by atoms with Gasteiger partial charge in [0.05, 0.1) is 0 Å². The SMILES string of the molecule is [B]C(=O)NCC(=O)ON1C(=O)CCC1=O. The van der Waals surface area contributed by atoms with Gasteiger partial charge in [-0.15, -0.1) is 5.06 Å². The number of nitrogens with zero attached hydrogens (tertiary/aromatic N) is 1. The molecule has 0 aliphatic carbocycles. The van der Waals surface area contributed by atoms with Gasteiger partial charge in [-0.3, -0.25) is 14.4 Å². The highest BCUT2D eigenvalue weighted by atomic mass is 16.7. The highest BCUT2D eigenvalue weighted by Gasteiger charge is 2.32. The lowest BCUT2D eigenvalue weighted by Gasteiger charge is -2.12. The van der Waals surface area contributed by atoms with Crippen molar-refractivity contribution in [3.8, 4) is 0 Å². The first-order valence-electron chi connectivity index (χ1n) is 4.10. The van der Waals surface area contributed by atoms with E-state index in [0.717, 1.165) is 0 Å². The Morgan fingerprint density at radius 1 is 1.33 bits per heavy atom. The van der Waals surface area contributed by atoms with E-state index in [-0.39, 0.29) is 12.8 Å². The van der Waals surface area contributed by atoms with E-state index < -0.39 is 30.1 Å². The second-order valence-electron chi connectivity index (χ2n) is 2.76. The normalized spacial score (nSPS) is 15.3. The molecule has 0 unspecified atom stereocenters. The van der Waals surface area contributed by atoms with Crippen LogP contribution in [0.1, 0.15) is 12.8 Å². The van der Waals surface area contributed by atoms with Crippen molar-refractivity contribution < 1.29 is 24.0 Å². The summed E-state index contributed by atoms with van der Waals surface area (Å²) in [5.74, 6) is -2.98. The van der Waals surface area contributed by atoms with Crippen LogP contribution in [0.15, 0.2) is 0 Å². The highest BCUT2D eigenvalue weighted by Crippen LogP contribution is 2.11. The Hall–Kier alpha value is -1.86. The molecule has 15 heavy (non-hydrogen) atoms. The highest BCUT2D eigenvalue weighted by molar-refractivity contribution is 6.57. The molecule has 0 atom stereocenters. The van der Waals surface area contributed by atoms with E-state index in [1.807, 2.05) is 5.32 Å². The molecule has 3 amide bonds. The zero-order valence-electron chi connectivity index (χ0n) is 7.69. The number of nitrogens with one attached hydrogen (secondary N) is 1. The molecule has 2 radical (unpaired) electrons. The van der Waals surface area contributed by atoms with Gasteiger partial charge in [0, 0.05) is 12.8 Å². The van der Waals surface area contributed by atoms with E-state index in [0.29, 0.717) is 5.06 Å². The summed E-state index contributed by atoms with van der Waals surface area (Å²) in [7, 11) is 4.70. The second kappa shape index (κ2) is 4.58. The van der Waals surface area contributed by atoms with Crippen molar-refractivity contribution in [1.29, 1.82) is 0 Å². The maximum atomic E-state index is 11.0. The third kappa shape index (κ3) is 3.08. The fourth-order valence-corrected chi connectivity index (χ4v) is 0.951. The topological polar surface area (TPSA) is 92.8 Å². The molecule has 1 N–H and O–H groups in total. The van der Waals surface area contributed by atoms with Crippen LogP contribution in [-0.2, 0) is 19.2 Å². The number of hydroxylamine groups is 2. The average molecular weight is 210 g/mol. The van der Waals surface area contributed by atoms with Crippen molar-refractivity contribution in [2.45, 2.75) is 12.8 Å². The zero-order chi connectivity index (χ0) is 11.4. The van der Waals surface area contributed by atoms with E-state index >= 15 is 0 Å². The van der Waals surface area contributed by atoms with Gasteiger partial charge in [-0.25, -0.2) is 4.79 Å². The van der Waals surface area contributed by atoms with E-state index in [1.165, 1.54) is 0 Å². The summed E-state index contributed by atoms with van der Waals surface area (Å²) in [6.07, 6.45) is 0.0464. The Balaban J connectivity index is 2.40. The van der Waals surface area contributed by atoms with Crippen molar-refractivity contribution in [3.05, 3.63) is 0 Å². The van der Waals surface area contributed by atoms with Gasteiger partial charge in [-0.05, 0) is 0 Å². The minimum atomic E-state index is -0.933. The molecule has 0 saturated carbocycles. The molecule has 0 aromatic carbocycles. The van der Waals surface area contributed by atoms with Crippen molar-refractivity contribution in [2.24, 2.45) is 0 Å². The first-order valence-corrected chi connectivity index (χ1v) is 4.10. The lowest BCUT2D eigenvalue weighted by molar-refractivity contribution is -0.196. The van der Waals surface area contributed by atoms with E-state index in [9.17, 15) is 19.2 Å². The monoisotopic (exact) mass is 210 g/mol. The fraction of sp³-hybridized carbons (Fsp3) is 0.429. The van der Waals surface area contributed by atoms with E-state index in [1.54, 1.807) is 0 Å². The van der Waals surface area contributed by atoms with Crippen LogP contribution in [0.25, 0.3) is 0 Å². The van der Waals surface area contributed by atoms with Crippen molar-refractivity contribution >= 4 is 31.4 Å². The van der Waals surface area contributed by atoms with E-state index in [2.05, 4.69) is 4.84 Å². The summed E-state index contributed by atoms with van der Waals surface area (Å²) in [4.78, 5) is 47.5. The maximum absolute atomic E-state index is 11.0. The summed E-state index contributed by atoms with van der Waals surface area (Å²) in [5.41, 5.74) is 0. The predicted molar refractivity (Wildman–Crippen MR) is 46.3 cm³/mol. The Morgan fingerprint density at radius 3 is 2.33 bits per heavy atom. The molecule has 0 aromatic rings. The predicted octanol–water partition coefficient (Wildman–Crippen LogP) is -1.53. The number of carbonyl (C=O) groups excluding carboxylic acids is 4. The van der Waals surface area contributed by atoms with Crippen LogP contribution < -0.4 is 5.32 Å². The van der Waals surface area contributed by atoms with Crippen molar-refractivity contribution in [3.63, 3.8) is 0 Å². The third-order valence-electron chi connectivity index (χ3n) is 1.61. The maximum Gasteiger partial charge on any atom is 0.352 e. The molecule has 78 valence electrons. The van der Waals surface area contributed by atoms with Gasteiger partial charge in [0.15, 0.2) is 5.81 Å². The van der Waals surface area contributed by atoms with Gasteiger partial charge in [-0.1, -0.05) is 0 Å². The Labute approximate surface area is 86.1 Å². The van der Waals surface area contributed by atoms with Crippen LogP contribution in [0.2, 0.25) is 0 Å². The van der Waals surface area contributed by atoms with Gasteiger partial charge >= 0.3 is 5.97 Å². The molecule has 1 saturated heterocycles. The Kier molecular flexibility index (Phi) is 3.43. The van der Waals surface area contributed by atoms with Gasteiger partial charge < -0.3 is 10.2 Å². The van der Waals surface area contributed by atoms with Crippen LogP contribution in [0.4, 0.5) is 4.79 Å². The number of carbonyl (C=O) groups is 4. The lowest BCUT2D eigenvalue weighted by Crippen LogP contribution is -2.37. The molecule has 8 heteroatoms. The summed E-state index contributed by atoms with van der Waals surface area (Å²) in [5, 5.41) is 2.36. The zero-order valence-corrected chi connectivity index (χ0v) is 7.69. The summed E-state index contributed by atoms with van der Waals surface area (Å²) < 4.78 is 0. The standard InChI is InChI=1S/C7H7BN2O5/c8-7(14)9-3-6(13)15-10-4(11)1-2-5(10)12/h1-3H2,(H,9,14). The molecule has 0 aromatic heterocycles. The quantitative estimate of drug-likeness (QED) is 0.450. The molecule has 0 spiro atoms. The molecular formula is C7H7BN2O5. The first-order chi connectivity index (χ1) is 7.00. The number of hydrogen-bond acceptors (Lipinski definition) is 5. The Bertz CT molecular complexity index is 313. The average Bonchev–Trinajstić information content (AvgIpc) is 2.46. The van der Waals surface area contributed by atoms with Gasteiger partial charge in [0.25, 0.3) is 11.8 Å². The molecule has 1 heterocycles. The van der Waals surface area contributed by atoms with Crippen LogP contribution >= 0.6 is 0 Å². The van der Waals surface area contributed by atoms with Gasteiger partial charge in [0.2, 0.25) is 7.85 Å². The minimum Gasteiger partial charge on any atom is -0.355 e. The number of imide groups is 1. The fourth-order valence-electron chi connectivity index (χ4n) is 0.951. The number of hydrogen-bond donors (Lipinski definition) is 1. The molecule has 1 rings (SSSR count). The molecule has 1 aliphatic rings. The molecule has 7 nitrogen and oxygen atoms in total. The molecular weight excluding hydrogens is 203 g/mol. The number of rotatable bonds is 3. The minimum absolute atomic E-state index is 0.0232. The lowest BCUT2D eigenvalue weighted by atomic mass is 10.1. The second-order valence-corrected chi connectivity index (χ2v) is 2.76. The van der Waals surface area contributed by atoms with Crippen LogP contribution in [0, 0.1) is 0 Å².